The highest BCUT2D eigenvalue weighted by atomic mass is 15.1. The van der Waals surface area contributed by atoms with Gasteiger partial charge >= 0.3 is 0 Å². The van der Waals surface area contributed by atoms with E-state index in [-0.39, 0.29) is 12.0 Å². The monoisotopic (exact) mass is 898 g/mol. The van der Waals surface area contributed by atoms with Crippen molar-refractivity contribution >= 4 is 44.4 Å². The van der Waals surface area contributed by atoms with E-state index in [1.807, 2.05) is 0 Å². The summed E-state index contributed by atoms with van der Waals surface area (Å²) in [4.78, 5) is 16.7. The van der Waals surface area contributed by atoms with Crippen LogP contribution in [0.15, 0.2) is 255 Å². The average molecular weight is 899 g/mol. The van der Waals surface area contributed by atoms with Gasteiger partial charge in [-0.05, 0) is 77.4 Å². The molecule has 2 aliphatic rings. The molecule has 2 atom stereocenters. The van der Waals surface area contributed by atoms with Crippen molar-refractivity contribution in [3.05, 3.63) is 266 Å². The molecule has 13 rings (SSSR count). The molecule has 6 nitrogen and oxygen atoms in total. The normalized spacial score (nSPS) is 15.7. The van der Waals surface area contributed by atoms with Crippen molar-refractivity contribution in [1.82, 2.24) is 28.7 Å². The Labute approximate surface area is 406 Å². The number of fused-ring (bicyclic) bond motifs is 3. The van der Waals surface area contributed by atoms with Gasteiger partial charge in [0.15, 0.2) is 0 Å². The van der Waals surface area contributed by atoms with Crippen LogP contribution < -0.4 is 0 Å². The molecular formula is C64H46N6. The Bertz CT molecular complexity index is 3920. The lowest BCUT2D eigenvalue weighted by Gasteiger charge is -2.28. The molecule has 11 aromatic rings. The molecule has 0 spiro atoms. The molecule has 0 amide bonds. The van der Waals surface area contributed by atoms with Gasteiger partial charge in [-0.25, -0.2) is 15.0 Å². The van der Waals surface area contributed by atoms with Gasteiger partial charge in [0.1, 0.15) is 17.5 Å². The number of hydrogen-bond donors (Lipinski definition) is 0. The summed E-state index contributed by atoms with van der Waals surface area (Å²) in [6, 6.07) is 73.1. The number of imidazole rings is 3. The molecule has 0 aliphatic heterocycles. The minimum Gasteiger partial charge on any atom is -0.316 e. The topological polar surface area (TPSA) is 53.5 Å². The Morgan fingerprint density at radius 1 is 0.400 bits per heavy atom. The second-order valence-electron chi connectivity index (χ2n) is 17.9. The van der Waals surface area contributed by atoms with Gasteiger partial charge in [0.2, 0.25) is 0 Å². The summed E-state index contributed by atoms with van der Waals surface area (Å²) in [5.41, 5.74) is 16.7. The Hall–Kier alpha value is -9.13. The van der Waals surface area contributed by atoms with Gasteiger partial charge in [0, 0.05) is 45.9 Å². The molecule has 332 valence electrons. The highest BCUT2D eigenvalue weighted by Gasteiger charge is 2.29. The molecule has 6 heteroatoms. The summed E-state index contributed by atoms with van der Waals surface area (Å²) in [5, 5.41) is 0. The highest BCUT2D eigenvalue weighted by Crippen LogP contribution is 2.44. The van der Waals surface area contributed by atoms with Gasteiger partial charge < -0.3 is 4.57 Å². The van der Waals surface area contributed by atoms with E-state index in [4.69, 9.17) is 15.0 Å². The molecule has 3 aromatic heterocycles. The van der Waals surface area contributed by atoms with E-state index in [0.29, 0.717) is 6.42 Å². The zero-order valence-electron chi connectivity index (χ0n) is 38.3. The first-order chi connectivity index (χ1) is 34.7. The summed E-state index contributed by atoms with van der Waals surface area (Å²) in [6.45, 7) is 0. The molecule has 2 aliphatic carbocycles. The fraction of sp³-hybridized carbons (Fsp3) is 0.0469. The second kappa shape index (κ2) is 17.5. The van der Waals surface area contributed by atoms with Crippen molar-refractivity contribution in [3.8, 4) is 51.0 Å². The van der Waals surface area contributed by atoms with Gasteiger partial charge in [-0.3, -0.25) is 9.13 Å². The lowest BCUT2D eigenvalue weighted by atomic mass is 9.87. The molecular weight excluding hydrogens is 853 g/mol. The third-order valence-corrected chi connectivity index (χ3v) is 13.7. The molecule has 0 radical (unpaired) electrons. The van der Waals surface area contributed by atoms with E-state index in [9.17, 15) is 0 Å². The number of hydrogen-bond acceptors (Lipinski definition) is 3. The van der Waals surface area contributed by atoms with Gasteiger partial charge in [0.25, 0.3) is 0 Å². The van der Waals surface area contributed by atoms with Crippen LogP contribution in [0.2, 0.25) is 0 Å². The molecule has 3 heterocycles. The Kier molecular flexibility index (Phi) is 10.3. The number of rotatable bonds is 9. The average Bonchev–Trinajstić information content (AvgIpc) is 4.08. The van der Waals surface area contributed by atoms with Crippen molar-refractivity contribution in [1.29, 1.82) is 0 Å². The summed E-state index contributed by atoms with van der Waals surface area (Å²) >= 11 is 0. The van der Waals surface area contributed by atoms with Gasteiger partial charge in [-0.1, -0.05) is 194 Å². The van der Waals surface area contributed by atoms with Crippen LogP contribution in [0, 0.1) is 0 Å². The van der Waals surface area contributed by atoms with Crippen LogP contribution in [0.25, 0.3) is 95.3 Å². The van der Waals surface area contributed by atoms with Crippen molar-refractivity contribution in [2.75, 3.05) is 0 Å². The van der Waals surface area contributed by atoms with Crippen LogP contribution in [0.4, 0.5) is 0 Å². The first-order valence-corrected chi connectivity index (χ1v) is 24.0. The number of nitrogens with zero attached hydrogens (tertiary/aromatic N) is 6. The Morgan fingerprint density at radius 3 is 1.61 bits per heavy atom. The first-order valence-electron chi connectivity index (χ1n) is 24.0. The maximum absolute atomic E-state index is 5.58. The number of benzene rings is 8. The summed E-state index contributed by atoms with van der Waals surface area (Å²) in [7, 11) is 0. The van der Waals surface area contributed by atoms with Crippen LogP contribution in [-0.4, -0.2) is 28.7 Å². The molecule has 0 N–H and O–H groups in total. The minimum absolute atomic E-state index is 0.0584. The molecule has 0 bridgehead atoms. The smallest absolute Gasteiger partial charge is 0.145 e. The van der Waals surface area contributed by atoms with E-state index in [2.05, 4.69) is 269 Å². The molecule has 70 heavy (non-hydrogen) atoms. The fourth-order valence-electron chi connectivity index (χ4n) is 10.6. The van der Waals surface area contributed by atoms with Crippen LogP contribution in [0.1, 0.15) is 29.5 Å². The molecule has 0 saturated heterocycles. The van der Waals surface area contributed by atoms with Crippen molar-refractivity contribution in [2.45, 2.75) is 18.4 Å². The first kappa shape index (κ1) is 41.1. The van der Waals surface area contributed by atoms with Gasteiger partial charge in [-0.15, -0.1) is 0 Å². The van der Waals surface area contributed by atoms with E-state index in [1.165, 1.54) is 5.56 Å². The van der Waals surface area contributed by atoms with Crippen molar-refractivity contribution in [2.24, 2.45) is 0 Å². The SMILES string of the molecule is C1=CCC(n2c(-c3cc(-c4nc5ccccc5n4-c4ccccc4-c4ccccc4)cc(-c4nc5ccccc5n4C4C=CC=CC4c4ccccc4)c3)nc3ccccc32)=C(c2ccccc2)C=C1. The Morgan fingerprint density at radius 2 is 0.914 bits per heavy atom. The van der Waals surface area contributed by atoms with Crippen molar-refractivity contribution < 1.29 is 0 Å². The molecule has 0 fully saturated rings. The maximum Gasteiger partial charge on any atom is 0.145 e. The predicted molar refractivity (Wildman–Crippen MR) is 288 cm³/mol. The third-order valence-electron chi connectivity index (χ3n) is 13.7. The zero-order chi connectivity index (χ0) is 46.4. The van der Waals surface area contributed by atoms with E-state index in [0.717, 1.165) is 101 Å². The van der Waals surface area contributed by atoms with E-state index < -0.39 is 0 Å². The Balaban J connectivity index is 1.12. The lowest BCUT2D eigenvalue weighted by molar-refractivity contribution is 0.563. The lowest BCUT2D eigenvalue weighted by Crippen LogP contribution is -2.17. The summed E-state index contributed by atoms with van der Waals surface area (Å²) in [6.07, 6.45) is 18.5. The number of aromatic nitrogens is 6. The maximum atomic E-state index is 5.58. The van der Waals surface area contributed by atoms with Crippen LogP contribution >= 0.6 is 0 Å². The number of para-hydroxylation sites is 7. The quantitative estimate of drug-likeness (QED) is 0.145. The third kappa shape index (κ3) is 7.17. The zero-order valence-corrected chi connectivity index (χ0v) is 38.3. The van der Waals surface area contributed by atoms with Gasteiger partial charge in [-0.2, -0.15) is 0 Å². The van der Waals surface area contributed by atoms with Crippen LogP contribution in [0.5, 0.6) is 0 Å². The summed E-state index contributed by atoms with van der Waals surface area (Å²) < 4.78 is 7.17. The standard InChI is InChI=1S/C64H46N6/c1-5-23-44(24-6-1)50-29-11-4-12-35-56(50)68-59-38-20-15-32-53(59)65-62(68)47-41-48(63-66-54-33-16-21-39-60(54)69(63)57-36-18-13-30-51(57)45-25-7-2-8-26-45)43-49(42-47)64-67-55-34-17-22-40-61(55)70(64)58-37-19-14-31-52(58)46-27-9-3-10-28-46/h1-34,36-43,51,57H,35H2. The largest absolute Gasteiger partial charge is 0.316 e. The summed E-state index contributed by atoms with van der Waals surface area (Å²) in [5.74, 6) is 2.61. The molecule has 0 saturated carbocycles. The van der Waals surface area contributed by atoms with Crippen molar-refractivity contribution in [3.63, 3.8) is 0 Å². The van der Waals surface area contributed by atoms with E-state index in [1.54, 1.807) is 0 Å². The van der Waals surface area contributed by atoms with Crippen LogP contribution in [-0.2, 0) is 0 Å². The minimum atomic E-state index is -0.0584. The molecule has 2 unspecified atom stereocenters. The molecule has 8 aromatic carbocycles. The predicted octanol–water partition coefficient (Wildman–Crippen LogP) is 15.7. The van der Waals surface area contributed by atoms with E-state index >= 15 is 0 Å². The fourth-order valence-corrected chi connectivity index (χ4v) is 10.6. The van der Waals surface area contributed by atoms with Crippen LogP contribution in [0.3, 0.4) is 0 Å². The number of allylic oxidation sites excluding steroid dienone is 10. The highest BCUT2D eigenvalue weighted by molar-refractivity contribution is 5.97. The van der Waals surface area contributed by atoms with Gasteiger partial charge in [0.05, 0.1) is 44.8 Å². The second-order valence-corrected chi connectivity index (χ2v) is 17.9.